The molecule has 0 amide bonds. The largest absolute Gasteiger partial charge is 0.307 e. The minimum Gasteiger partial charge on any atom is -0.307 e. The molecule has 0 saturated carbocycles. The molecule has 0 aromatic heterocycles. The van der Waals surface area contributed by atoms with Gasteiger partial charge >= 0.3 is 0 Å². The van der Waals surface area contributed by atoms with Crippen molar-refractivity contribution < 1.29 is 8.42 Å². The summed E-state index contributed by atoms with van der Waals surface area (Å²) in [5, 5.41) is 3.39. The highest BCUT2D eigenvalue weighted by atomic mass is 32.2. The lowest BCUT2D eigenvalue weighted by Crippen LogP contribution is -2.57. The van der Waals surface area contributed by atoms with Crippen LogP contribution in [0.1, 0.15) is 18.4 Å². The second-order valence-corrected chi connectivity index (χ2v) is 6.40. The Hall–Kier alpha value is -0.870. The Morgan fingerprint density at radius 1 is 1.20 bits per heavy atom. The molecule has 1 aromatic rings. The lowest BCUT2D eigenvalue weighted by atomic mass is 9.78. The summed E-state index contributed by atoms with van der Waals surface area (Å²) in [6.45, 7) is 0.994. The molecule has 2 aliphatic rings. The number of sulfone groups is 1. The zero-order valence-electron chi connectivity index (χ0n) is 8.36. The van der Waals surface area contributed by atoms with Gasteiger partial charge in [-0.2, -0.15) is 0 Å². The summed E-state index contributed by atoms with van der Waals surface area (Å²) in [6, 6.07) is 7.39. The van der Waals surface area contributed by atoms with Gasteiger partial charge < -0.3 is 5.32 Å². The lowest BCUT2D eigenvalue weighted by Gasteiger charge is -2.47. The maximum atomic E-state index is 11.9. The zero-order chi connectivity index (χ0) is 10.5. The minimum absolute atomic E-state index is 0.0398. The normalized spacial score (nSPS) is 32.0. The van der Waals surface area contributed by atoms with E-state index in [-0.39, 0.29) is 11.3 Å². The molecule has 1 N–H and O–H groups in total. The molecule has 1 fully saturated rings. The fourth-order valence-electron chi connectivity index (χ4n) is 2.56. The third kappa shape index (κ3) is 1.18. The Morgan fingerprint density at radius 3 is 2.60 bits per heavy atom. The van der Waals surface area contributed by atoms with Crippen LogP contribution in [-0.4, -0.2) is 20.7 Å². The molecule has 1 aromatic carbocycles. The van der Waals surface area contributed by atoms with E-state index in [1.807, 2.05) is 12.1 Å². The van der Waals surface area contributed by atoms with Crippen LogP contribution in [0, 0.1) is 0 Å². The summed E-state index contributed by atoms with van der Waals surface area (Å²) in [5.41, 5.74) is 0.935. The van der Waals surface area contributed by atoms with E-state index < -0.39 is 9.84 Å². The van der Waals surface area contributed by atoms with Crippen LogP contribution in [0.2, 0.25) is 0 Å². The third-order valence-electron chi connectivity index (χ3n) is 3.55. The van der Waals surface area contributed by atoms with Gasteiger partial charge in [0.15, 0.2) is 9.84 Å². The van der Waals surface area contributed by atoms with Crippen LogP contribution in [0.5, 0.6) is 0 Å². The van der Waals surface area contributed by atoms with Crippen LogP contribution >= 0.6 is 0 Å². The monoisotopic (exact) mass is 223 g/mol. The maximum absolute atomic E-state index is 11.9. The second kappa shape index (κ2) is 2.83. The van der Waals surface area contributed by atoms with Gasteiger partial charge in [0, 0.05) is 5.54 Å². The van der Waals surface area contributed by atoms with E-state index in [1.165, 1.54) is 0 Å². The van der Waals surface area contributed by atoms with Crippen LogP contribution in [-0.2, 0) is 15.4 Å². The van der Waals surface area contributed by atoms with E-state index in [1.54, 1.807) is 12.1 Å². The molecule has 0 aliphatic carbocycles. The Bertz CT molecular complexity index is 503. The van der Waals surface area contributed by atoms with E-state index in [0.29, 0.717) is 11.3 Å². The Labute approximate surface area is 89.4 Å². The number of fused-ring (bicyclic) bond motifs is 2. The first kappa shape index (κ1) is 9.36. The van der Waals surface area contributed by atoms with Gasteiger partial charge in [-0.1, -0.05) is 18.2 Å². The van der Waals surface area contributed by atoms with Crippen LogP contribution in [0.25, 0.3) is 0 Å². The molecule has 3 rings (SSSR count). The quantitative estimate of drug-likeness (QED) is 0.715. The second-order valence-electron chi connectivity index (χ2n) is 4.32. The van der Waals surface area contributed by atoms with Crippen LogP contribution in [0.4, 0.5) is 0 Å². The molecular weight excluding hydrogens is 210 g/mol. The van der Waals surface area contributed by atoms with Crippen molar-refractivity contribution in [3.8, 4) is 0 Å². The summed E-state index contributed by atoms with van der Waals surface area (Å²) in [5.74, 6) is 0.275. The minimum atomic E-state index is -3.03. The highest BCUT2D eigenvalue weighted by Gasteiger charge is 2.45. The number of benzene rings is 1. The molecule has 0 radical (unpaired) electrons. The van der Waals surface area contributed by atoms with E-state index in [2.05, 4.69) is 5.32 Å². The van der Waals surface area contributed by atoms with Gasteiger partial charge in [0.1, 0.15) is 0 Å². The van der Waals surface area contributed by atoms with E-state index in [9.17, 15) is 8.42 Å². The molecule has 1 saturated heterocycles. The van der Waals surface area contributed by atoms with Gasteiger partial charge in [0.25, 0.3) is 0 Å². The molecule has 3 nitrogen and oxygen atoms in total. The van der Waals surface area contributed by atoms with Gasteiger partial charge in [0.2, 0.25) is 0 Å². The average molecular weight is 223 g/mol. The highest BCUT2D eigenvalue weighted by molar-refractivity contribution is 7.91. The Kier molecular flexibility index (Phi) is 1.77. The van der Waals surface area contributed by atoms with Crippen molar-refractivity contribution in [3.63, 3.8) is 0 Å². The van der Waals surface area contributed by atoms with Crippen molar-refractivity contribution >= 4 is 9.84 Å². The summed E-state index contributed by atoms with van der Waals surface area (Å²) in [7, 11) is -3.03. The first-order valence-electron chi connectivity index (χ1n) is 5.21. The van der Waals surface area contributed by atoms with Crippen molar-refractivity contribution in [2.75, 3.05) is 12.3 Å². The van der Waals surface area contributed by atoms with Crippen molar-refractivity contribution in [1.82, 2.24) is 5.32 Å². The summed E-state index contributed by atoms with van der Waals surface area (Å²) >= 11 is 0. The van der Waals surface area contributed by atoms with Gasteiger partial charge in [-0.25, -0.2) is 8.42 Å². The molecule has 1 atom stereocenters. The molecular formula is C11H13NO2S. The molecule has 80 valence electrons. The first-order valence-corrected chi connectivity index (χ1v) is 6.87. The molecule has 2 aliphatic heterocycles. The molecule has 1 unspecified atom stereocenters. The standard InChI is InChI=1S/C11H13NO2S/c13-15(14)8-6-11(5-7-12-11)9-3-1-2-4-10(9)15/h1-4,12H,5-8H2. The van der Waals surface area contributed by atoms with Gasteiger partial charge in [-0.15, -0.1) is 0 Å². The van der Waals surface area contributed by atoms with Crippen LogP contribution in [0.15, 0.2) is 29.2 Å². The number of hydrogen-bond donors (Lipinski definition) is 1. The zero-order valence-corrected chi connectivity index (χ0v) is 9.18. The van der Waals surface area contributed by atoms with Crippen molar-refractivity contribution in [3.05, 3.63) is 29.8 Å². The van der Waals surface area contributed by atoms with Gasteiger partial charge in [0.05, 0.1) is 10.6 Å². The molecule has 2 heterocycles. The maximum Gasteiger partial charge on any atom is 0.178 e. The molecule has 4 heteroatoms. The molecule has 0 bridgehead atoms. The predicted octanol–water partition coefficient (Wildman–Crippen LogP) is 1.05. The highest BCUT2D eigenvalue weighted by Crippen LogP contribution is 2.42. The van der Waals surface area contributed by atoms with E-state index in [4.69, 9.17) is 0 Å². The predicted molar refractivity (Wildman–Crippen MR) is 57.4 cm³/mol. The Morgan fingerprint density at radius 2 is 1.93 bits per heavy atom. The van der Waals surface area contributed by atoms with E-state index in [0.717, 1.165) is 18.5 Å². The van der Waals surface area contributed by atoms with Crippen LogP contribution < -0.4 is 5.32 Å². The topological polar surface area (TPSA) is 46.2 Å². The van der Waals surface area contributed by atoms with E-state index >= 15 is 0 Å². The molecule has 1 spiro atoms. The number of rotatable bonds is 0. The van der Waals surface area contributed by atoms with Gasteiger partial charge in [-0.3, -0.25) is 0 Å². The molecule has 15 heavy (non-hydrogen) atoms. The smallest absolute Gasteiger partial charge is 0.178 e. The number of nitrogens with one attached hydrogen (secondary N) is 1. The lowest BCUT2D eigenvalue weighted by molar-refractivity contribution is 0.194. The van der Waals surface area contributed by atoms with Crippen molar-refractivity contribution in [1.29, 1.82) is 0 Å². The van der Waals surface area contributed by atoms with Crippen molar-refractivity contribution in [2.45, 2.75) is 23.3 Å². The summed E-state index contributed by atoms with van der Waals surface area (Å²) < 4.78 is 23.7. The van der Waals surface area contributed by atoms with Crippen molar-refractivity contribution in [2.24, 2.45) is 0 Å². The van der Waals surface area contributed by atoms with Crippen LogP contribution in [0.3, 0.4) is 0 Å². The fourth-order valence-corrected chi connectivity index (χ4v) is 4.28. The van der Waals surface area contributed by atoms with Gasteiger partial charge in [-0.05, 0) is 31.0 Å². The summed E-state index contributed by atoms with van der Waals surface area (Å²) in [4.78, 5) is 0.531. The Balaban J connectivity index is 2.25. The fraction of sp³-hybridized carbons (Fsp3) is 0.455. The SMILES string of the molecule is O=S1(=O)CCC2(CCN2)c2ccccc21. The summed E-state index contributed by atoms with van der Waals surface area (Å²) in [6.07, 6.45) is 1.77. The average Bonchev–Trinajstić information content (AvgIpc) is 2.16. The first-order chi connectivity index (χ1) is 7.14. The number of hydrogen-bond acceptors (Lipinski definition) is 3. The third-order valence-corrected chi connectivity index (χ3v) is 5.32.